The van der Waals surface area contributed by atoms with Gasteiger partial charge in [0.05, 0.1) is 5.56 Å². The number of aromatic amines is 1. The molecule has 4 bridgehead atoms. The molecule has 98 valence electrons. The third-order valence-electron chi connectivity index (χ3n) is 5.64. The van der Waals surface area contributed by atoms with Gasteiger partial charge >= 0.3 is 0 Å². The van der Waals surface area contributed by atoms with Gasteiger partial charge in [-0.05, 0) is 67.9 Å². The maximum Gasteiger partial charge on any atom is 0.121 e. The molecular weight excluding hydrogens is 252 g/mol. The van der Waals surface area contributed by atoms with Gasteiger partial charge in [0.25, 0.3) is 0 Å². The van der Waals surface area contributed by atoms with Crippen molar-refractivity contribution in [2.45, 2.75) is 38.0 Å². The number of hydrogen-bond acceptors (Lipinski definition) is 2. The van der Waals surface area contributed by atoms with Crippen molar-refractivity contribution in [3.05, 3.63) is 28.0 Å². The predicted molar refractivity (Wildman–Crippen MR) is 76.1 cm³/mol. The fraction of sp³-hybridized carbons (Fsp3) is 0.625. The van der Waals surface area contributed by atoms with Gasteiger partial charge in [0, 0.05) is 11.6 Å². The van der Waals surface area contributed by atoms with Crippen LogP contribution in [0.5, 0.6) is 0 Å². The van der Waals surface area contributed by atoms with Crippen molar-refractivity contribution in [3.63, 3.8) is 0 Å². The maximum absolute atomic E-state index is 8.98. The number of nitrogens with zero attached hydrogens (tertiary/aromatic N) is 1. The van der Waals surface area contributed by atoms with Crippen LogP contribution in [0.2, 0.25) is 0 Å². The topological polar surface area (TPSA) is 39.6 Å². The van der Waals surface area contributed by atoms with E-state index >= 15 is 0 Å². The highest BCUT2D eigenvalue weighted by Gasteiger charge is 2.48. The maximum atomic E-state index is 8.98. The van der Waals surface area contributed by atoms with Crippen molar-refractivity contribution >= 4 is 12.2 Å². The molecule has 0 saturated heterocycles. The Morgan fingerprint density at radius 3 is 2.21 bits per heavy atom. The first-order valence-electron chi connectivity index (χ1n) is 7.38. The van der Waals surface area contributed by atoms with Gasteiger partial charge in [-0.1, -0.05) is 12.2 Å². The molecule has 4 aliphatic carbocycles. The van der Waals surface area contributed by atoms with E-state index < -0.39 is 0 Å². The van der Waals surface area contributed by atoms with Crippen molar-refractivity contribution in [2.24, 2.45) is 23.7 Å². The van der Waals surface area contributed by atoms with Gasteiger partial charge in [0.1, 0.15) is 10.7 Å². The Morgan fingerprint density at radius 1 is 1.05 bits per heavy atom. The van der Waals surface area contributed by atoms with Crippen molar-refractivity contribution in [3.8, 4) is 6.07 Å². The monoisotopic (exact) mass is 270 g/mol. The molecule has 0 radical (unpaired) electrons. The second kappa shape index (κ2) is 4.18. The van der Waals surface area contributed by atoms with Crippen LogP contribution in [0.3, 0.4) is 0 Å². The van der Waals surface area contributed by atoms with Gasteiger partial charge < -0.3 is 4.98 Å². The van der Waals surface area contributed by atoms with Crippen LogP contribution in [0.1, 0.15) is 49.3 Å². The molecule has 3 heteroatoms. The summed E-state index contributed by atoms with van der Waals surface area (Å²) in [4.78, 5) is 3.35. The summed E-state index contributed by atoms with van der Waals surface area (Å²) in [5.41, 5.74) is 1.89. The number of hydrogen-bond donors (Lipinski definition) is 1. The minimum atomic E-state index is 0.600. The van der Waals surface area contributed by atoms with Gasteiger partial charge in [-0.15, -0.1) is 0 Å². The molecule has 2 nitrogen and oxygen atoms in total. The number of rotatable bonds is 1. The summed E-state index contributed by atoms with van der Waals surface area (Å²) in [6.07, 6.45) is 7.15. The lowest BCUT2D eigenvalue weighted by atomic mass is 9.51. The molecule has 0 aliphatic heterocycles. The van der Waals surface area contributed by atoms with Crippen molar-refractivity contribution in [1.29, 1.82) is 5.26 Å². The average Bonchev–Trinajstić information content (AvgIpc) is 2.37. The molecule has 0 spiro atoms. The molecule has 1 aromatic heterocycles. The molecule has 1 aromatic rings. The highest BCUT2D eigenvalue weighted by Crippen LogP contribution is 2.59. The van der Waals surface area contributed by atoms with Crippen LogP contribution in [0.15, 0.2) is 12.1 Å². The fourth-order valence-corrected chi connectivity index (χ4v) is 5.44. The summed E-state index contributed by atoms with van der Waals surface area (Å²) in [7, 11) is 0. The summed E-state index contributed by atoms with van der Waals surface area (Å²) in [5.74, 6) is 4.38. The molecule has 0 aromatic carbocycles. The molecule has 4 saturated carbocycles. The molecule has 0 atom stereocenters. The van der Waals surface area contributed by atoms with Gasteiger partial charge in [-0.25, -0.2) is 0 Å². The average molecular weight is 270 g/mol. The summed E-state index contributed by atoms with van der Waals surface area (Å²) in [6.45, 7) is 0. The predicted octanol–water partition coefficient (Wildman–Crippen LogP) is 4.16. The second-order valence-electron chi connectivity index (χ2n) is 6.72. The third kappa shape index (κ3) is 1.77. The van der Waals surface area contributed by atoms with E-state index in [9.17, 15) is 0 Å². The molecule has 5 rings (SSSR count). The minimum Gasteiger partial charge on any atom is -0.349 e. The van der Waals surface area contributed by atoms with E-state index in [-0.39, 0.29) is 0 Å². The molecule has 1 N–H and O–H groups in total. The molecule has 19 heavy (non-hydrogen) atoms. The molecular formula is C16H18N2S. The van der Waals surface area contributed by atoms with E-state index in [0.29, 0.717) is 16.1 Å². The normalized spacial score (nSPS) is 39.2. The Balaban J connectivity index is 1.71. The van der Waals surface area contributed by atoms with Crippen molar-refractivity contribution in [1.82, 2.24) is 4.98 Å². The standard InChI is InChI=1S/C16H18N2S/c17-8-11-1-2-14(18-16(11)19)15-12-4-9-3-10(6-12)7-13(15)5-9/h1-2,9-10,12-13,15H,3-7H2,(H,18,19). The van der Waals surface area contributed by atoms with E-state index in [1.807, 2.05) is 6.07 Å². The Morgan fingerprint density at radius 2 is 1.68 bits per heavy atom. The van der Waals surface area contributed by atoms with Crippen LogP contribution in [0.4, 0.5) is 0 Å². The fourth-order valence-electron chi connectivity index (χ4n) is 5.20. The molecule has 0 amide bonds. The van der Waals surface area contributed by atoms with Gasteiger partial charge in [0.2, 0.25) is 0 Å². The highest BCUT2D eigenvalue weighted by atomic mass is 32.1. The van der Waals surface area contributed by atoms with E-state index in [2.05, 4.69) is 17.1 Å². The lowest BCUT2D eigenvalue weighted by Crippen LogP contribution is -2.44. The molecule has 4 aliphatic rings. The lowest BCUT2D eigenvalue weighted by molar-refractivity contribution is -0.00417. The van der Waals surface area contributed by atoms with E-state index in [4.69, 9.17) is 17.5 Å². The SMILES string of the molecule is N#Cc1ccc(C2C3CC4CC(C3)CC2C4)[nH]c1=S. The number of pyridine rings is 1. The number of nitrogens with one attached hydrogen (secondary N) is 1. The Hall–Kier alpha value is -1.14. The Kier molecular flexibility index (Phi) is 2.57. The smallest absolute Gasteiger partial charge is 0.121 e. The van der Waals surface area contributed by atoms with E-state index in [0.717, 1.165) is 23.7 Å². The second-order valence-corrected chi connectivity index (χ2v) is 7.13. The first kappa shape index (κ1) is 11.7. The van der Waals surface area contributed by atoms with Gasteiger partial charge in [-0.2, -0.15) is 5.26 Å². The summed E-state index contributed by atoms with van der Waals surface area (Å²) < 4.78 is 0.619. The van der Waals surface area contributed by atoms with E-state index in [1.54, 1.807) is 0 Å². The van der Waals surface area contributed by atoms with Gasteiger partial charge in [-0.3, -0.25) is 0 Å². The van der Waals surface area contributed by atoms with Crippen LogP contribution in [-0.4, -0.2) is 4.98 Å². The summed E-state index contributed by atoms with van der Waals surface area (Å²) in [6, 6.07) is 6.17. The van der Waals surface area contributed by atoms with Crippen molar-refractivity contribution < 1.29 is 0 Å². The summed E-state index contributed by atoms with van der Waals surface area (Å²) >= 11 is 5.29. The van der Waals surface area contributed by atoms with E-state index in [1.165, 1.54) is 37.8 Å². The summed E-state index contributed by atoms with van der Waals surface area (Å²) in [5, 5.41) is 8.98. The number of nitriles is 1. The number of aromatic nitrogens is 1. The highest BCUT2D eigenvalue weighted by molar-refractivity contribution is 7.71. The largest absolute Gasteiger partial charge is 0.349 e. The Labute approximate surface area is 118 Å². The van der Waals surface area contributed by atoms with Crippen LogP contribution in [0, 0.1) is 39.6 Å². The van der Waals surface area contributed by atoms with Crippen LogP contribution < -0.4 is 0 Å². The molecule has 0 unspecified atom stereocenters. The Bertz CT molecular complexity index is 582. The molecule has 1 heterocycles. The van der Waals surface area contributed by atoms with Crippen molar-refractivity contribution in [2.75, 3.05) is 0 Å². The number of H-pyrrole nitrogens is 1. The third-order valence-corrected chi connectivity index (χ3v) is 5.96. The zero-order valence-electron chi connectivity index (χ0n) is 10.9. The van der Waals surface area contributed by atoms with Crippen LogP contribution >= 0.6 is 12.2 Å². The minimum absolute atomic E-state index is 0.600. The first-order chi connectivity index (χ1) is 9.24. The van der Waals surface area contributed by atoms with Crippen LogP contribution in [0.25, 0.3) is 0 Å². The quantitative estimate of drug-likeness (QED) is 0.778. The van der Waals surface area contributed by atoms with Gasteiger partial charge in [0.15, 0.2) is 0 Å². The zero-order valence-corrected chi connectivity index (χ0v) is 11.7. The molecule has 4 fully saturated rings. The lowest BCUT2D eigenvalue weighted by Gasteiger charge is -2.54. The zero-order chi connectivity index (χ0) is 13.0. The van der Waals surface area contributed by atoms with Crippen LogP contribution in [-0.2, 0) is 0 Å². The first-order valence-corrected chi connectivity index (χ1v) is 7.78.